The number of nitrogens with one attached hydrogen (secondary N) is 1. The second kappa shape index (κ2) is 12.6. The molecule has 1 aromatic rings. The van der Waals surface area contributed by atoms with Crippen LogP contribution in [0.5, 0.6) is 0 Å². The van der Waals surface area contributed by atoms with E-state index in [4.69, 9.17) is 5.73 Å². The van der Waals surface area contributed by atoms with Crippen LogP contribution in [0.15, 0.2) is 24.3 Å². The Kier molecular flexibility index (Phi) is 13.3. The Balaban J connectivity index is 0. The van der Waals surface area contributed by atoms with Crippen LogP contribution in [0.4, 0.5) is 5.69 Å². The maximum atomic E-state index is 12.0. The minimum atomic E-state index is -0.0275. The molecule has 0 fully saturated rings. The number of anilines is 1. The molecule has 1 amide bonds. The van der Waals surface area contributed by atoms with Gasteiger partial charge < -0.3 is 16.0 Å². The number of carbonyl (C=O) groups excluding carboxylic acids is 1. The second-order valence-corrected chi connectivity index (χ2v) is 5.17. The minimum absolute atomic E-state index is 0. The highest BCUT2D eigenvalue weighted by Gasteiger charge is 2.09. The molecule has 0 heterocycles. The Hall–Kier alpha value is -0.970. The molecule has 0 radical (unpaired) electrons. The number of hydrogen-bond donors (Lipinski definition) is 2. The van der Waals surface area contributed by atoms with Crippen molar-refractivity contribution >= 4 is 36.4 Å². The molecule has 1 atom stereocenters. The molecule has 1 aromatic carbocycles. The molecule has 0 saturated heterocycles. The van der Waals surface area contributed by atoms with Crippen LogP contribution in [0.3, 0.4) is 0 Å². The smallest absolute Gasteiger partial charge is 0.251 e. The summed E-state index contributed by atoms with van der Waals surface area (Å²) in [5.74, 6) is -0.0275. The van der Waals surface area contributed by atoms with Gasteiger partial charge in [-0.2, -0.15) is 0 Å². The van der Waals surface area contributed by atoms with Crippen molar-refractivity contribution in [2.24, 2.45) is 0 Å². The first-order chi connectivity index (χ1) is 9.56. The fourth-order valence-electron chi connectivity index (χ4n) is 2.17. The topological polar surface area (TPSA) is 58.4 Å². The average molecular weight is 350 g/mol. The highest BCUT2D eigenvalue weighted by Crippen LogP contribution is 2.06. The van der Waals surface area contributed by atoms with Gasteiger partial charge in [0.2, 0.25) is 0 Å². The van der Waals surface area contributed by atoms with Gasteiger partial charge in [-0.1, -0.05) is 13.8 Å². The van der Waals surface area contributed by atoms with E-state index in [2.05, 4.69) is 31.0 Å². The number of nitrogens with zero attached hydrogens (tertiary/aromatic N) is 1. The Morgan fingerprint density at radius 1 is 1.18 bits per heavy atom. The number of benzene rings is 1. The van der Waals surface area contributed by atoms with Crippen molar-refractivity contribution in [1.29, 1.82) is 0 Å². The molecule has 0 aliphatic carbocycles. The van der Waals surface area contributed by atoms with E-state index in [1.165, 1.54) is 0 Å². The normalized spacial score (nSPS) is 11.3. The van der Waals surface area contributed by atoms with Gasteiger partial charge in [0.15, 0.2) is 0 Å². The number of halogens is 2. The van der Waals surface area contributed by atoms with E-state index in [1.807, 2.05) is 0 Å². The van der Waals surface area contributed by atoms with Crippen LogP contribution in [-0.4, -0.2) is 36.5 Å². The van der Waals surface area contributed by atoms with E-state index in [-0.39, 0.29) is 36.8 Å². The highest BCUT2D eigenvalue weighted by atomic mass is 35.5. The molecule has 4 nitrogen and oxygen atoms in total. The van der Waals surface area contributed by atoms with Crippen molar-refractivity contribution in [3.63, 3.8) is 0 Å². The first kappa shape index (κ1) is 23.3. The molecule has 0 bridgehead atoms. The number of carbonyl (C=O) groups is 1. The molecule has 6 heteroatoms. The molecule has 1 unspecified atom stereocenters. The van der Waals surface area contributed by atoms with E-state index in [9.17, 15) is 4.79 Å². The monoisotopic (exact) mass is 349 g/mol. The number of nitrogens with two attached hydrogens (primary N) is 1. The van der Waals surface area contributed by atoms with Crippen molar-refractivity contribution in [1.82, 2.24) is 10.2 Å². The van der Waals surface area contributed by atoms with Crippen molar-refractivity contribution in [2.75, 3.05) is 25.4 Å². The molecule has 0 spiro atoms. The highest BCUT2D eigenvalue weighted by molar-refractivity contribution is 5.94. The lowest BCUT2D eigenvalue weighted by Crippen LogP contribution is -2.33. The second-order valence-electron chi connectivity index (χ2n) is 5.17. The van der Waals surface area contributed by atoms with Crippen LogP contribution in [0.25, 0.3) is 0 Å². The van der Waals surface area contributed by atoms with E-state index in [1.54, 1.807) is 24.3 Å². The van der Waals surface area contributed by atoms with Gasteiger partial charge in [0.1, 0.15) is 0 Å². The summed E-state index contributed by atoms with van der Waals surface area (Å²) in [4.78, 5) is 14.4. The summed E-state index contributed by atoms with van der Waals surface area (Å²) in [6.07, 6.45) is 2.10. The lowest BCUT2D eigenvalue weighted by molar-refractivity contribution is 0.0937. The van der Waals surface area contributed by atoms with Crippen molar-refractivity contribution in [2.45, 2.75) is 39.7 Å². The van der Waals surface area contributed by atoms with Gasteiger partial charge in [-0.15, -0.1) is 24.8 Å². The van der Waals surface area contributed by atoms with E-state index in [0.29, 0.717) is 11.3 Å². The number of hydrogen-bond acceptors (Lipinski definition) is 3. The van der Waals surface area contributed by atoms with E-state index >= 15 is 0 Å². The van der Waals surface area contributed by atoms with Crippen LogP contribution >= 0.6 is 24.8 Å². The standard InChI is InChI=1S/C16H27N3O.2ClH/c1-4-19(5-2)12-6-7-13(3)18-16(20)14-8-10-15(17)11-9-14;;/h8-11,13H,4-7,12,17H2,1-3H3,(H,18,20);2*1H. The molecule has 128 valence electrons. The largest absolute Gasteiger partial charge is 0.399 e. The van der Waals surface area contributed by atoms with Gasteiger partial charge in [0.25, 0.3) is 5.91 Å². The summed E-state index contributed by atoms with van der Waals surface area (Å²) >= 11 is 0. The molecule has 0 aliphatic heterocycles. The van der Waals surface area contributed by atoms with Gasteiger partial charge in [0, 0.05) is 17.3 Å². The maximum absolute atomic E-state index is 12.0. The predicted octanol–water partition coefficient (Wildman–Crippen LogP) is 3.35. The molecule has 22 heavy (non-hydrogen) atoms. The third kappa shape index (κ3) is 8.47. The summed E-state index contributed by atoms with van der Waals surface area (Å²) < 4.78 is 0. The Morgan fingerprint density at radius 3 is 2.23 bits per heavy atom. The minimum Gasteiger partial charge on any atom is -0.399 e. The summed E-state index contributed by atoms with van der Waals surface area (Å²) in [5, 5.41) is 3.03. The van der Waals surface area contributed by atoms with Crippen LogP contribution in [0.1, 0.15) is 44.0 Å². The van der Waals surface area contributed by atoms with Crippen molar-refractivity contribution in [3.05, 3.63) is 29.8 Å². The van der Waals surface area contributed by atoms with Gasteiger partial charge in [-0.25, -0.2) is 0 Å². The van der Waals surface area contributed by atoms with Gasteiger partial charge in [-0.3, -0.25) is 4.79 Å². The van der Waals surface area contributed by atoms with Crippen LogP contribution < -0.4 is 11.1 Å². The van der Waals surface area contributed by atoms with E-state index < -0.39 is 0 Å². The van der Waals surface area contributed by atoms with Crippen LogP contribution in [0.2, 0.25) is 0 Å². The molecular formula is C16H29Cl2N3O. The fourth-order valence-corrected chi connectivity index (χ4v) is 2.17. The zero-order chi connectivity index (χ0) is 15.0. The van der Waals surface area contributed by atoms with E-state index in [0.717, 1.165) is 32.5 Å². The zero-order valence-electron chi connectivity index (χ0n) is 13.7. The average Bonchev–Trinajstić information content (AvgIpc) is 2.44. The SMILES string of the molecule is CCN(CC)CCCC(C)NC(=O)c1ccc(N)cc1.Cl.Cl. The third-order valence-corrected chi connectivity index (χ3v) is 3.56. The molecule has 0 saturated carbocycles. The Morgan fingerprint density at radius 2 is 1.73 bits per heavy atom. The molecular weight excluding hydrogens is 321 g/mol. The Bertz CT molecular complexity index is 408. The number of rotatable bonds is 8. The molecule has 3 N–H and O–H groups in total. The number of nitrogen functional groups attached to an aromatic ring is 1. The number of amides is 1. The van der Waals surface area contributed by atoms with Crippen LogP contribution in [-0.2, 0) is 0 Å². The summed E-state index contributed by atoms with van der Waals surface area (Å²) in [6.45, 7) is 9.67. The zero-order valence-corrected chi connectivity index (χ0v) is 15.3. The van der Waals surface area contributed by atoms with Crippen molar-refractivity contribution < 1.29 is 4.79 Å². The first-order valence-corrected chi connectivity index (χ1v) is 7.45. The van der Waals surface area contributed by atoms with Gasteiger partial charge >= 0.3 is 0 Å². The third-order valence-electron chi connectivity index (χ3n) is 3.56. The Labute approximate surface area is 146 Å². The lowest BCUT2D eigenvalue weighted by Gasteiger charge is -2.19. The van der Waals surface area contributed by atoms with Crippen LogP contribution in [0, 0.1) is 0 Å². The molecule has 0 aliphatic rings. The fraction of sp³-hybridized carbons (Fsp3) is 0.562. The molecule has 1 rings (SSSR count). The van der Waals surface area contributed by atoms with Crippen molar-refractivity contribution in [3.8, 4) is 0 Å². The molecule has 0 aromatic heterocycles. The predicted molar refractivity (Wildman–Crippen MR) is 99.3 cm³/mol. The summed E-state index contributed by atoms with van der Waals surface area (Å²) in [5.41, 5.74) is 6.95. The lowest BCUT2D eigenvalue weighted by atomic mass is 10.1. The summed E-state index contributed by atoms with van der Waals surface area (Å²) in [6, 6.07) is 7.20. The maximum Gasteiger partial charge on any atom is 0.251 e. The summed E-state index contributed by atoms with van der Waals surface area (Å²) in [7, 11) is 0. The quantitative estimate of drug-likeness (QED) is 0.707. The van der Waals surface area contributed by atoms with Gasteiger partial charge in [0.05, 0.1) is 0 Å². The van der Waals surface area contributed by atoms with Gasteiger partial charge in [-0.05, 0) is 63.7 Å². The first-order valence-electron chi connectivity index (χ1n) is 7.45.